The molecule has 0 spiro atoms. The summed E-state index contributed by atoms with van der Waals surface area (Å²) >= 11 is 9.38. The van der Waals surface area contributed by atoms with Crippen molar-refractivity contribution in [2.45, 2.75) is 30.4 Å². The van der Waals surface area contributed by atoms with E-state index in [4.69, 9.17) is 21.1 Å². The number of ether oxygens (including phenoxy) is 2. The van der Waals surface area contributed by atoms with Gasteiger partial charge >= 0.3 is 11.9 Å². The second kappa shape index (κ2) is 6.09. The summed E-state index contributed by atoms with van der Waals surface area (Å²) in [6.07, 6.45) is -0.287. The van der Waals surface area contributed by atoms with Crippen LogP contribution in [0.1, 0.15) is 23.7 Å². The largest absolute Gasteiger partial charge is 0.461 e. The van der Waals surface area contributed by atoms with Gasteiger partial charge in [0.05, 0.1) is 16.7 Å². The zero-order valence-electron chi connectivity index (χ0n) is 13.4. The van der Waals surface area contributed by atoms with E-state index in [1.54, 1.807) is 31.2 Å². The van der Waals surface area contributed by atoms with E-state index in [1.165, 1.54) is 0 Å². The van der Waals surface area contributed by atoms with Crippen molar-refractivity contribution in [2.24, 2.45) is 23.7 Å². The molecule has 0 unspecified atom stereocenters. The molecule has 4 rings (SSSR count). The van der Waals surface area contributed by atoms with Gasteiger partial charge in [0.2, 0.25) is 5.78 Å². The number of hydrogen-bond acceptors (Lipinski definition) is 5. The number of alkyl halides is 1. The maximum absolute atomic E-state index is 12.7. The lowest BCUT2D eigenvalue weighted by atomic mass is 9.80. The molecule has 3 aliphatic rings. The molecule has 1 heterocycles. The number of Topliss-reactive ketones (excluding diaryl/α,β-unsaturated/α-hetero) is 1. The molecule has 7 heteroatoms. The molecule has 132 valence electrons. The Balaban J connectivity index is 1.48. The fourth-order valence-electron chi connectivity index (χ4n) is 4.45. The zero-order chi connectivity index (χ0) is 17.9. The van der Waals surface area contributed by atoms with E-state index in [1.807, 2.05) is 0 Å². The van der Waals surface area contributed by atoms with Crippen LogP contribution in [0.3, 0.4) is 0 Å². The smallest absolute Gasteiger partial charge is 0.310 e. The van der Waals surface area contributed by atoms with E-state index < -0.39 is 23.9 Å². The van der Waals surface area contributed by atoms with Gasteiger partial charge in [0.25, 0.3) is 0 Å². The average Bonchev–Trinajstić information content (AvgIpc) is 3.19. The van der Waals surface area contributed by atoms with E-state index in [0.717, 1.165) is 6.42 Å². The Kier molecular flexibility index (Phi) is 4.15. The third-order valence-corrected chi connectivity index (χ3v) is 7.04. The fourth-order valence-corrected chi connectivity index (χ4v) is 5.62. The molecule has 0 aromatic heterocycles. The molecule has 1 aliphatic heterocycles. The Labute approximate surface area is 158 Å². The summed E-state index contributed by atoms with van der Waals surface area (Å²) in [7, 11) is 0. The molecule has 7 atom stereocenters. The minimum Gasteiger partial charge on any atom is -0.461 e. The van der Waals surface area contributed by atoms with Gasteiger partial charge in [-0.15, -0.1) is 0 Å². The first-order valence-corrected chi connectivity index (χ1v) is 9.52. The monoisotopic (exact) mass is 426 g/mol. The minimum absolute atomic E-state index is 0.0109. The molecule has 0 radical (unpaired) electrons. The van der Waals surface area contributed by atoms with Crippen molar-refractivity contribution in [3.8, 4) is 0 Å². The van der Waals surface area contributed by atoms with Crippen LogP contribution in [0.25, 0.3) is 0 Å². The number of hydrogen-bond donors (Lipinski definition) is 0. The first kappa shape index (κ1) is 17.0. The van der Waals surface area contributed by atoms with Crippen LogP contribution in [-0.4, -0.2) is 34.8 Å². The summed E-state index contributed by atoms with van der Waals surface area (Å²) in [6.45, 7) is 1.55. The maximum Gasteiger partial charge on any atom is 0.310 e. The van der Waals surface area contributed by atoms with E-state index >= 15 is 0 Å². The van der Waals surface area contributed by atoms with Crippen molar-refractivity contribution < 1.29 is 23.9 Å². The van der Waals surface area contributed by atoms with Gasteiger partial charge in [0, 0.05) is 16.5 Å². The molecule has 2 saturated carbocycles. The average molecular weight is 428 g/mol. The van der Waals surface area contributed by atoms with Crippen molar-refractivity contribution in [2.75, 3.05) is 0 Å². The summed E-state index contributed by atoms with van der Waals surface area (Å²) in [4.78, 5) is 37.2. The molecular formula is C18H16BrClO5. The highest BCUT2D eigenvalue weighted by atomic mass is 79.9. The molecular weight excluding hydrogens is 412 g/mol. The zero-order valence-corrected chi connectivity index (χ0v) is 15.7. The summed E-state index contributed by atoms with van der Waals surface area (Å²) in [5, 5.41) is 0.529. The molecule has 3 fully saturated rings. The second-order valence-electron chi connectivity index (χ2n) is 6.91. The van der Waals surface area contributed by atoms with E-state index in [2.05, 4.69) is 15.9 Å². The quantitative estimate of drug-likeness (QED) is 0.420. The van der Waals surface area contributed by atoms with Crippen molar-refractivity contribution in [1.82, 2.24) is 0 Å². The summed E-state index contributed by atoms with van der Waals surface area (Å²) < 4.78 is 10.8. The van der Waals surface area contributed by atoms with Gasteiger partial charge < -0.3 is 9.47 Å². The van der Waals surface area contributed by atoms with Gasteiger partial charge in [-0.25, -0.2) is 0 Å². The number of benzene rings is 1. The maximum atomic E-state index is 12.7. The van der Waals surface area contributed by atoms with Gasteiger partial charge in [-0.05, 0) is 43.5 Å². The van der Waals surface area contributed by atoms with Crippen LogP contribution in [-0.2, 0) is 19.1 Å². The van der Waals surface area contributed by atoms with Gasteiger partial charge in [0.15, 0.2) is 6.10 Å². The Morgan fingerprint density at radius 1 is 1.28 bits per heavy atom. The third kappa shape index (κ3) is 2.61. The van der Waals surface area contributed by atoms with Crippen LogP contribution < -0.4 is 0 Å². The molecule has 1 aromatic rings. The number of carbonyl (C=O) groups excluding carboxylic acids is 3. The van der Waals surface area contributed by atoms with Gasteiger partial charge in [-0.1, -0.05) is 27.5 Å². The highest BCUT2D eigenvalue weighted by molar-refractivity contribution is 9.09. The molecule has 2 bridgehead atoms. The molecule has 0 N–H and O–H groups in total. The lowest BCUT2D eigenvalue weighted by Gasteiger charge is -2.27. The van der Waals surface area contributed by atoms with Crippen LogP contribution in [0, 0.1) is 23.7 Å². The topological polar surface area (TPSA) is 69.7 Å². The Morgan fingerprint density at radius 2 is 1.96 bits per heavy atom. The number of ketones is 1. The normalized spacial score (nSPS) is 36.2. The first-order valence-electron chi connectivity index (χ1n) is 8.23. The van der Waals surface area contributed by atoms with Gasteiger partial charge in [0.1, 0.15) is 6.10 Å². The van der Waals surface area contributed by atoms with Crippen LogP contribution in [0.4, 0.5) is 0 Å². The molecule has 0 amide bonds. The standard InChI is InChI=1S/C18H16BrClO5/c1-7(15(21)8-2-4-9(20)5-3-8)24-17(22)12-10-6-11-13(12)18(23)25-16(11)14(10)19/h2-5,7,10-14,16H,6H2,1H3/t7-,10+,11+,12+,13+,14+,16-/m0/s1. The summed E-state index contributed by atoms with van der Waals surface area (Å²) in [5.74, 6) is -2.00. The van der Waals surface area contributed by atoms with Crippen LogP contribution in [0.2, 0.25) is 5.02 Å². The van der Waals surface area contributed by atoms with E-state index in [9.17, 15) is 14.4 Å². The predicted molar refractivity (Wildman–Crippen MR) is 92.5 cm³/mol. The van der Waals surface area contributed by atoms with E-state index in [-0.39, 0.29) is 34.5 Å². The number of halogens is 2. The lowest BCUT2D eigenvalue weighted by molar-refractivity contribution is -0.157. The fraction of sp³-hybridized carbons (Fsp3) is 0.500. The van der Waals surface area contributed by atoms with Gasteiger partial charge in [-0.3, -0.25) is 14.4 Å². The third-order valence-electron chi connectivity index (χ3n) is 5.59. The predicted octanol–water partition coefficient (Wildman–Crippen LogP) is 3.03. The highest BCUT2D eigenvalue weighted by Crippen LogP contribution is 2.60. The molecule has 5 nitrogen and oxygen atoms in total. The molecule has 1 aromatic carbocycles. The number of rotatable bonds is 4. The summed E-state index contributed by atoms with van der Waals surface area (Å²) in [6, 6.07) is 6.42. The number of fused-ring (bicyclic) bond motifs is 1. The lowest BCUT2D eigenvalue weighted by Crippen LogP contribution is -2.40. The number of esters is 2. The molecule has 2 aliphatic carbocycles. The summed E-state index contributed by atoms with van der Waals surface area (Å²) in [5.41, 5.74) is 0.427. The first-order chi connectivity index (χ1) is 11.9. The minimum atomic E-state index is -0.921. The second-order valence-corrected chi connectivity index (χ2v) is 8.40. The Bertz CT molecular complexity index is 748. The number of carbonyl (C=O) groups is 3. The van der Waals surface area contributed by atoms with Crippen molar-refractivity contribution in [3.05, 3.63) is 34.9 Å². The Hall–Kier alpha value is -1.40. The van der Waals surface area contributed by atoms with Crippen molar-refractivity contribution >= 4 is 45.3 Å². The Morgan fingerprint density at radius 3 is 2.64 bits per heavy atom. The van der Waals surface area contributed by atoms with Crippen LogP contribution >= 0.6 is 27.5 Å². The molecule has 1 saturated heterocycles. The van der Waals surface area contributed by atoms with Crippen LogP contribution in [0.15, 0.2) is 24.3 Å². The van der Waals surface area contributed by atoms with Crippen molar-refractivity contribution in [3.63, 3.8) is 0 Å². The van der Waals surface area contributed by atoms with Crippen molar-refractivity contribution in [1.29, 1.82) is 0 Å². The molecule has 25 heavy (non-hydrogen) atoms. The highest BCUT2D eigenvalue weighted by Gasteiger charge is 2.68. The van der Waals surface area contributed by atoms with Gasteiger partial charge in [-0.2, -0.15) is 0 Å². The van der Waals surface area contributed by atoms with Crippen LogP contribution in [0.5, 0.6) is 0 Å². The SMILES string of the molecule is C[C@H](OC(=O)[C@@H]1[C@H]2C[C@H]3[C@H](OC(=O)[C@H]31)[C@@H]2Br)C(=O)c1ccc(Cl)cc1. The van der Waals surface area contributed by atoms with E-state index in [0.29, 0.717) is 10.6 Å².